The Hall–Kier alpha value is -2.04. The number of aryl methyl sites for hydroxylation is 1. The molecule has 4 nitrogen and oxygen atoms in total. The van der Waals surface area contributed by atoms with Crippen LogP contribution in [0, 0.1) is 6.92 Å². The maximum absolute atomic E-state index is 6.52. The molecule has 24 heavy (non-hydrogen) atoms. The monoisotopic (exact) mass is 340 g/mol. The van der Waals surface area contributed by atoms with E-state index in [0.29, 0.717) is 0 Å². The molecule has 1 aliphatic heterocycles. The third kappa shape index (κ3) is 2.66. The number of nitrogens with zero attached hydrogens (tertiary/aromatic N) is 4. The van der Waals surface area contributed by atoms with E-state index in [1.807, 2.05) is 30.5 Å². The van der Waals surface area contributed by atoms with E-state index in [-0.39, 0.29) is 0 Å². The molecule has 0 radical (unpaired) electrons. The first-order valence-electron chi connectivity index (χ1n) is 8.30. The average Bonchev–Trinajstić information content (AvgIpc) is 2.93. The summed E-state index contributed by atoms with van der Waals surface area (Å²) in [4.78, 5) is 9.58. The summed E-state index contributed by atoms with van der Waals surface area (Å²) in [5.74, 6) is 0. The minimum atomic E-state index is 0.749. The van der Waals surface area contributed by atoms with Crippen LogP contribution in [0.3, 0.4) is 0 Å². The topological polar surface area (TPSA) is 23.8 Å². The van der Waals surface area contributed by atoms with Gasteiger partial charge in [0.25, 0.3) is 0 Å². The van der Waals surface area contributed by atoms with Crippen LogP contribution in [0.25, 0.3) is 16.9 Å². The summed E-state index contributed by atoms with van der Waals surface area (Å²) in [7, 11) is 2.17. The Bertz CT molecular complexity index is 878. The van der Waals surface area contributed by atoms with Crippen LogP contribution in [0.1, 0.15) is 5.69 Å². The predicted octanol–water partition coefficient (Wildman–Crippen LogP) is 3.71. The van der Waals surface area contributed by atoms with Gasteiger partial charge >= 0.3 is 0 Å². The van der Waals surface area contributed by atoms with E-state index >= 15 is 0 Å². The van der Waals surface area contributed by atoms with Crippen LogP contribution in [0.2, 0.25) is 5.02 Å². The number of fused-ring (bicyclic) bond motifs is 1. The zero-order valence-corrected chi connectivity index (χ0v) is 14.8. The summed E-state index contributed by atoms with van der Waals surface area (Å²) in [6, 6.07) is 12.3. The van der Waals surface area contributed by atoms with Crippen molar-refractivity contribution < 1.29 is 0 Å². The van der Waals surface area contributed by atoms with Gasteiger partial charge in [0, 0.05) is 49.3 Å². The molecule has 3 aromatic rings. The lowest BCUT2D eigenvalue weighted by Crippen LogP contribution is -2.44. The fraction of sp³-hybridized carbons (Fsp3) is 0.316. The normalized spacial score (nSPS) is 16.0. The van der Waals surface area contributed by atoms with Crippen molar-refractivity contribution >= 4 is 22.9 Å². The number of imidazole rings is 1. The van der Waals surface area contributed by atoms with Gasteiger partial charge in [-0.2, -0.15) is 0 Å². The standard InChI is InChI=1S/C19H21ClN4/c1-14-19(21-18-5-3-4-8-24(14)18)16-13-15(6-7-17(16)20)23-11-9-22(2)10-12-23/h3-8,13H,9-12H2,1-2H3. The number of hydrogen-bond acceptors (Lipinski definition) is 3. The Kier molecular flexibility index (Phi) is 3.94. The van der Waals surface area contributed by atoms with E-state index in [4.69, 9.17) is 16.6 Å². The lowest BCUT2D eigenvalue weighted by Gasteiger charge is -2.34. The third-order valence-electron chi connectivity index (χ3n) is 4.84. The molecule has 0 saturated carbocycles. The molecule has 0 bridgehead atoms. The minimum absolute atomic E-state index is 0.749. The fourth-order valence-corrected chi connectivity index (χ4v) is 3.54. The first-order valence-corrected chi connectivity index (χ1v) is 8.68. The van der Waals surface area contributed by atoms with Crippen LogP contribution in [-0.2, 0) is 0 Å². The highest BCUT2D eigenvalue weighted by atomic mass is 35.5. The second-order valence-electron chi connectivity index (χ2n) is 6.43. The highest BCUT2D eigenvalue weighted by Gasteiger charge is 2.18. The molecule has 4 rings (SSSR count). The SMILES string of the molecule is Cc1c(-c2cc(N3CCN(C)CC3)ccc2Cl)nc2ccccn12. The van der Waals surface area contributed by atoms with Crippen molar-refractivity contribution in [3.8, 4) is 11.3 Å². The number of likely N-dealkylation sites (N-methyl/N-ethyl adjacent to an activating group) is 1. The zero-order valence-electron chi connectivity index (χ0n) is 14.0. The third-order valence-corrected chi connectivity index (χ3v) is 5.17. The predicted molar refractivity (Wildman–Crippen MR) is 100 cm³/mol. The van der Waals surface area contributed by atoms with Gasteiger partial charge in [-0.25, -0.2) is 4.98 Å². The van der Waals surface area contributed by atoms with E-state index in [2.05, 4.69) is 40.3 Å². The summed E-state index contributed by atoms with van der Waals surface area (Å²) < 4.78 is 2.11. The van der Waals surface area contributed by atoms with Crippen LogP contribution >= 0.6 is 11.6 Å². The Morgan fingerprint density at radius 2 is 1.83 bits per heavy atom. The molecule has 0 amide bonds. The van der Waals surface area contributed by atoms with E-state index in [1.165, 1.54) is 5.69 Å². The molecule has 2 aromatic heterocycles. The lowest BCUT2D eigenvalue weighted by molar-refractivity contribution is 0.313. The molecule has 1 fully saturated rings. The number of rotatable bonds is 2. The van der Waals surface area contributed by atoms with Crippen molar-refractivity contribution in [2.75, 3.05) is 38.1 Å². The minimum Gasteiger partial charge on any atom is -0.369 e. The summed E-state index contributed by atoms with van der Waals surface area (Å²) in [6.45, 7) is 6.36. The maximum Gasteiger partial charge on any atom is 0.137 e. The van der Waals surface area contributed by atoms with Crippen LogP contribution in [0.4, 0.5) is 5.69 Å². The highest BCUT2D eigenvalue weighted by Crippen LogP contribution is 2.33. The largest absolute Gasteiger partial charge is 0.369 e. The van der Waals surface area contributed by atoms with Crippen LogP contribution in [-0.4, -0.2) is 47.5 Å². The number of piperazine rings is 1. The Morgan fingerprint density at radius 3 is 2.58 bits per heavy atom. The number of pyridine rings is 1. The number of anilines is 1. The van der Waals surface area contributed by atoms with Gasteiger partial charge in [0.1, 0.15) is 5.65 Å². The molecule has 5 heteroatoms. The quantitative estimate of drug-likeness (QED) is 0.710. The number of aromatic nitrogens is 2. The van der Waals surface area contributed by atoms with Crippen molar-refractivity contribution in [1.82, 2.24) is 14.3 Å². The van der Waals surface area contributed by atoms with Gasteiger partial charge in [-0.15, -0.1) is 0 Å². The Labute approximate surface area is 147 Å². The number of benzene rings is 1. The van der Waals surface area contributed by atoms with Crippen molar-refractivity contribution in [1.29, 1.82) is 0 Å². The molecule has 1 aliphatic rings. The molecule has 124 valence electrons. The van der Waals surface area contributed by atoms with Crippen molar-refractivity contribution in [3.63, 3.8) is 0 Å². The first-order chi connectivity index (χ1) is 11.6. The smallest absolute Gasteiger partial charge is 0.137 e. The van der Waals surface area contributed by atoms with Crippen LogP contribution < -0.4 is 4.90 Å². The number of hydrogen-bond donors (Lipinski definition) is 0. The molecule has 0 aliphatic carbocycles. The van der Waals surface area contributed by atoms with E-state index in [9.17, 15) is 0 Å². The van der Waals surface area contributed by atoms with E-state index < -0.39 is 0 Å². The van der Waals surface area contributed by atoms with E-state index in [1.54, 1.807) is 0 Å². The number of halogens is 1. The molecule has 1 saturated heterocycles. The fourth-order valence-electron chi connectivity index (χ4n) is 3.33. The lowest BCUT2D eigenvalue weighted by atomic mass is 10.1. The van der Waals surface area contributed by atoms with Gasteiger partial charge in [-0.05, 0) is 44.3 Å². The summed E-state index contributed by atoms with van der Waals surface area (Å²) in [5, 5.41) is 0.749. The van der Waals surface area contributed by atoms with Gasteiger partial charge in [0.05, 0.1) is 10.7 Å². The van der Waals surface area contributed by atoms with Crippen molar-refractivity contribution in [2.45, 2.75) is 6.92 Å². The molecule has 0 spiro atoms. The van der Waals surface area contributed by atoms with Gasteiger partial charge in [-0.3, -0.25) is 0 Å². The summed E-state index contributed by atoms with van der Waals surface area (Å²) >= 11 is 6.52. The molecule has 0 atom stereocenters. The Balaban J connectivity index is 1.77. The molecule has 3 heterocycles. The summed E-state index contributed by atoms with van der Waals surface area (Å²) in [5.41, 5.74) is 5.25. The van der Waals surface area contributed by atoms with Crippen molar-refractivity contribution in [2.24, 2.45) is 0 Å². The zero-order chi connectivity index (χ0) is 16.7. The average molecular weight is 341 g/mol. The van der Waals surface area contributed by atoms with Crippen LogP contribution in [0.15, 0.2) is 42.6 Å². The van der Waals surface area contributed by atoms with E-state index in [0.717, 1.165) is 53.8 Å². The van der Waals surface area contributed by atoms with Gasteiger partial charge in [0.15, 0.2) is 0 Å². The molecule has 1 aromatic carbocycles. The van der Waals surface area contributed by atoms with Crippen LogP contribution in [0.5, 0.6) is 0 Å². The molecular weight excluding hydrogens is 320 g/mol. The second kappa shape index (κ2) is 6.11. The summed E-state index contributed by atoms with van der Waals surface area (Å²) in [6.07, 6.45) is 2.04. The highest BCUT2D eigenvalue weighted by molar-refractivity contribution is 6.33. The Morgan fingerprint density at radius 1 is 1.04 bits per heavy atom. The van der Waals surface area contributed by atoms with Gasteiger partial charge in [0.2, 0.25) is 0 Å². The molecule has 0 unspecified atom stereocenters. The maximum atomic E-state index is 6.52. The molecule has 0 N–H and O–H groups in total. The van der Waals surface area contributed by atoms with Gasteiger partial charge in [-0.1, -0.05) is 17.7 Å². The van der Waals surface area contributed by atoms with Gasteiger partial charge < -0.3 is 14.2 Å². The molecular formula is C19H21ClN4. The van der Waals surface area contributed by atoms with Crippen molar-refractivity contribution in [3.05, 3.63) is 53.3 Å². The first kappa shape index (κ1) is 15.5. The second-order valence-corrected chi connectivity index (χ2v) is 6.84.